The van der Waals surface area contributed by atoms with Crippen molar-refractivity contribution in [2.75, 3.05) is 17.7 Å². The molecule has 6 nitrogen and oxygen atoms in total. The summed E-state index contributed by atoms with van der Waals surface area (Å²) in [5.41, 5.74) is 2.03. The molecule has 0 amide bonds. The predicted molar refractivity (Wildman–Crippen MR) is 70.5 cm³/mol. The monoisotopic (exact) mass is 260 g/mol. The van der Waals surface area contributed by atoms with E-state index in [9.17, 15) is 0 Å². The molecule has 18 heavy (non-hydrogen) atoms. The first kappa shape index (κ1) is 12.3. The van der Waals surface area contributed by atoms with E-state index in [0.717, 1.165) is 16.5 Å². The molecule has 2 rings (SSSR count). The van der Waals surface area contributed by atoms with Gasteiger partial charge in [0.1, 0.15) is 11.8 Å². The molecule has 2 heterocycles. The summed E-state index contributed by atoms with van der Waals surface area (Å²) in [6.45, 7) is 2.36. The summed E-state index contributed by atoms with van der Waals surface area (Å²) >= 11 is 1.54. The molecule has 0 spiro atoms. The number of nitrogens with zero attached hydrogens (tertiary/aromatic N) is 4. The highest BCUT2D eigenvalue weighted by Crippen LogP contribution is 2.15. The van der Waals surface area contributed by atoms with E-state index in [1.165, 1.54) is 0 Å². The van der Waals surface area contributed by atoms with Crippen LogP contribution >= 0.6 is 11.3 Å². The van der Waals surface area contributed by atoms with Gasteiger partial charge in [0.2, 0.25) is 5.95 Å². The SMILES string of the molecule is CNc1nc(CNc2nc(C)cc(C#N)n2)cs1. The summed E-state index contributed by atoms with van der Waals surface area (Å²) in [6, 6.07) is 3.65. The Morgan fingerprint density at radius 3 is 2.89 bits per heavy atom. The van der Waals surface area contributed by atoms with Crippen LogP contribution in [0.1, 0.15) is 17.1 Å². The van der Waals surface area contributed by atoms with Crippen LogP contribution in [0.25, 0.3) is 0 Å². The van der Waals surface area contributed by atoms with Crippen LogP contribution in [0.2, 0.25) is 0 Å². The molecule has 0 unspecified atom stereocenters. The lowest BCUT2D eigenvalue weighted by Gasteiger charge is -2.03. The van der Waals surface area contributed by atoms with E-state index in [1.807, 2.05) is 25.4 Å². The zero-order valence-electron chi connectivity index (χ0n) is 10.1. The molecule has 0 aliphatic carbocycles. The fraction of sp³-hybridized carbons (Fsp3) is 0.273. The molecule has 92 valence electrons. The highest BCUT2D eigenvalue weighted by Gasteiger charge is 2.03. The van der Waals surface area contributed by atoms with E-state index in [2.05, 4.69) is 25.6 Å². The lowest BCUT2D eigenvalue weighted by molar-refractivity contribution is 0.995. The van der Waals surface area contributed by atoms with Gasteiger partial charge in [-0.05, 0) is 13.0 Å². The Labute approximate surface area is 109 Å². The van der Waals surface area contributed by atoms with Gasteiger partial charge < -0.3 is 10.6 Å². The van der Waals surface area contributed by atoms with Gasteiger partial charge in [0.15, 0.2) is 5.13 Å². The van der Waals surface area contributed by atoms with E-state index in [-0.39, 0.29) is 0 Å². The van der Waals surface area contributed by atoms with Gasteiger partial charge in [-0.2, -0.15) is 5.26 Å². The van der Waals surface area contributed by atoms with Gasteiger partial charge in [0, 0.05) is 18.1 Å². The fourth-order valence-electron chi connectivity index (χ4n) is 1.38. The number of anilines is 2. The smallest absolute Gasteiger partial charge is 0.224 e. The van der Waals surface area contributed by atoms with Crippen LogP contribution < -0.4 is 10.6 Å². The first-order valence-electron chi connectivity index (χ1n) is 5.33. The maximum Gasteiger partial charge on any atom is 0.224 e. The zero-order chi connectivity index (χ0) is 13.0. The number of nitriles is 1. The molecular weight excluding hydrogens is 248 g/mol. The van der Waals surface area contributed by atoms with Crippen molar-refractivity contribution in [3.05, 3.63) is 28.5 Å². The third-order valence-electron chi connectivity index (χ3n) is 2.16. The second-order valence-corrected chi connectivity index (χ2v) is 4.44. The average molecular weight is 260 g/mol. The van der Waals surface area contributed by atoms with Crippen molar-refractivity contribution in [3.63, 3.8) is 0 Å². The van der Waals surface area contributed by atoms with Gasteiger partial charge in [0.25, 0.3) is 0 Å². The number of hydrogen-bond donors (Lipinski definition) is 2. The largest absolute Gasteiger partial charge is 0.365 e. The minimum atomic E-state index is 0.360. The highest BCUT2D eigenvalue weighted by molar-refractivity contribution is 7.13. The topological polar surface area (TPSA) is 86.5 Å². The number of nitrogens with one attached hydrogen (secondary N) is 2. The molecule has 2 aromatic heterocycles. The molecule has 0 saturated carbocycles. The Bertz CT molecular complexity index is 585. The molecule has 0 bridgehead atoms. The Balaban J connectivity index is 2.06. The Morgan fingerprint density at radius 2 is 2.22 bits per heavy atom. The van der Waals surface area contributed by atoms with E-state index in [4.69, 9.17) is 5.26 Å². The van der Waals surface area contributed by atoms with Crippen LogP contribution in [0.3, 0.4) is 0 Å². The molecule has 7 heteroatoms. The molecule has 0 saturated heterocycles. The van der Waals surface area contributed by atoms with E-state index in [0.29, 0.717) is 18.2 Å². The third kappa shape index (κ3) is 2.93. The normalized spacial score (nSPS) is 9.83. The number of hydrogen-bond acceptors (Lipinski definition) is 7. The number of aryl methyl sites for hydroxylation is 1. The number of aromatic nitrogens is 3. The number of thiazole rings is 1. The van der Waals surface area contributed by atoms with Crippen LogP contribution in [0.5, 0.6) is 0 Å². The van der Waals surface area contributed by atoms with Gasteiger partial charge in [0.05, 0.1) is 12.2 Å². The third-order valence-corrected chi connectivity index (χ3v) is 3.07. The zero-order valence-corrected chi connectivity index (χ0v) is 10.9. The first-order valence-corrected chi connectivity index (χ1v) is 6.21. The van der Waals surface area contributed by atoms with Crippen LogP contribution in [0.15, 0.2) is 11.4 Å². The molecule has 0 atom stereocenters. The van der Waals surface area contributed by atoms with Crippen molar-refractivity contribution in [1.82, 2.24) is 15.0 Å². The van der Waals surface area contributed by atoms with Crippen molar-refractivity contribution < 1.29 is 0 Å². The second-order valence-electron chi connectivity index (χ2n) is 3.58. The second kappa shape index (κ2) is 5.42. The molecular formula is C11H12N6S. The first-order chi connectivity index (χ1) is 8.71. The van der Waals surface area contributed by atoms with Crippen LogP contribution in [-0.4, -0.2) is 22.0 Å². The maximum absolute atomic E-state index is 8.82. The Hall–Kier alpha value is -2.20. The number of rotatable bonds is 4. The van der Waals surface area contributed by atoms with Crippen LogP contribution in [0, 0.1) is 18.3 Å². The Kier molecular flexibility index (Phi) is 3.69. The fourth-order valence-corrected chi connectivity index (χ4v) is 2.05. The summed E-state index contributed by atoms with van der Waals surface area (Å²) in [7, 11) is 1.83. The summed E-state index contributed by atoms with van der Waals surface area (Å²) in [5.74, 6) is 0.450. The van der Waals surface area contributed by atoms with Crippen molar-refractivity contribution >= 4 is 22.4 Å². The lowest BCUT2D eigenvalue weighted by atomic mass is 10.3. The quantitative estimate of drug-likeness (QED) is 0.871. The maximum atomic E-state index is 8.82. The van der Waals surface area contributed by atoms with Crippen molar-refractivity contribution in [2.45, 2.75) is 13.5 Å². The molecule has 0 aromatic carbocycles. The molecule has 0 fully saturated rings. The van der Waals surface area contributed by atoms with Crippen LogP contribution in [0.4, 0.5) is 11.1 Å². The van der Waals surface area contributed by atoms with Crippen molar-refractivity contribution in [1.29, 1.82) is 5.26 Å². The molecule has 0 radical (unpaired) electrons. The summed E-state index contributed by atoms with van der Waals surface area (Å²) in [6.07, 6.45) is 0. The minimum Gasteiger partial charge on any atom is -0.365 e. The lowest BCUT2D eigenvalue weighted by Crippen LogP contribution is -2.05. The summed E-state index contributed by atoms with van der Waals surface area (Å²) < 4.78 is 0. The highest BCUT2D eigenvalue weighted by atomic mass is 32.1. The molecule has 2 N–H and O–H groups in total. The van der Waals surface area contributed by atoms with E-state index >= 15 is 0 Å². The standard InChI is InChI=1S/C11H12N6S/c1-7-3-8(4-12)16-10(15-7)14-5-9-6-18-11(13-2)17-9/h3,6H,5H2,1-2H3,(H,13,17)(H,14,15,16). The van der Waals surface area contributed by atoms with Gasteiger partial charge in [-0.25, -0.2) is 15.0 Å². The van der Waals surface area contributed by atoms with E-state index < -0.39 is 0 Å². The summed E-state index contributed by atoms with van der Waals surface area (Å²) in [5, 5.41) is 17.7. The van der Waals surface area contributed by atoms with Gasteiger partial charge in [-0.15, -0.1) is 11.3 Å². The molecule has 0 aliphatic heterocycles. The Morgan fingerprint density at radius 1 is 1.39 bits per heavy atom. The van der Waals surface area contributed by atoms with E-state index in [1.54, 1.807) is 17.4 Å². The van der Waals surface area contributed by atoms with Crippen molar-refractivity contribution in [2.24, 2.45) is 0 Å². The summed E-state index contributed by atoms with van der Waals surface area (Å²) in [4.78, 5) is 12.6. The van der Waals surface area contributed by atoms with Crippen LogP contribution in [-0.2, 0) is 6.54 Å². The van der Waals surface area contributed by atoms with Gasteiger partial charge in [-0.1, -0.05) is 0 Å². The minimum absolute atomic E-state index is 0.360. The van der Waals surface area contributed by atoms with Gasteiger partial charge in [-0.3, -0.25) is 0 Å². The van der Waals surface area contributed by atoms with Gasteiger partial charge >= 0.3 is 0 Å². The predicted octanol–water partition coefficient (Wildman–Crippen LogP) is 1.77. The van der Waals surface area contributed by atoms with Crippen molar-refractivity contribution in [3.8, 4) is 6.07 Å². The molecule has 0 aliphatic rings. The molecule has 2 aromatic rings. The average Bonchev–Trinajstić information content (AvgIpc) is 2.83.